The number of nitrogens with two attached hydrogens (primary N) is 1. The van der Waals surface area contributed by atoms with Gasteiger partial charge < -0.3 is 26.4 Å². The van der Waals surface area contributed by atoms with Crippen LogP contribution >= 0.6 is 0 Å². The van der Waals surface area contributed by atoms with E-state index in [4.69, 9.17) is 5.73 Å². The molecule has 11 heteroatoms. The van der Waals surface area contributed by atoms with E-state index in [1.807, 2.05) is 0 Å². The van der Waals surface area contributed by atoms with Crippen LogP contribution in [-0.4, -0.2) is 75.4 Å². The van der Waals surface area contributed by atoms with Crippen LogP contribution in [0.25, 0.3) is 0 Å². The minimum Gasteiger partial charge on any atom is -0.480 e. The summed E-state index contributed by atoms with van der Waals surface area (Å²) in [5, 5.41) is 31.6. The van der Waals surface area contributed by atoms with Crippen molar-refractivity contribution in [3.8, 4) is 0 Å². The van der Waals surface area contributed by atoms with Gasteiger partial charge in [-0.25, -0.2) is 9.80 Å². The van der Waals surface area contributed by atoms with Crippen LogP contribution in [0.1, 0.15) is 18.4 Å². The Labute approximate surface area is 172 Å². The molecule has 2 rings (SSSR count). The van der Waals surface area contributed by atoms with Crippen molar-refractivity contribution in [3.05, 3.63) is 35.9 Å². The largest absolute Gasteiger partial charge is 0.480 e. The van der Waals surface area contributed by atoms with Gasteiger partial charge in [0.2, 0.25) is 11.8 Å². The summed E-state index contributed by atoms with van der Waals surface area (Å²) in [6.07, 6.45) is -0.330. The van der Waals surface area contributed by atoms with Crippen LogP contribution in [-0.2, 0) is 25.6 Å². The summed E-state index contributed by atoms with van der Waals surface area (Å²) >= 11 is 0. The highest BCUT2D eigenvalue weighted by atomic mass is 16.4. The van der Waals surface area contributed by atoms with Crippen LogP contribution in [0, 0.1) is 5.92 Å². The smallest absolute Gasteiger partial charge is 0.328 e. The zero-order valence-electron chi connectivity index (χ0n) is 16.2. The molecule has 4 atom stereocenters. The van der Waals surface area contributed by atoms with Crippen molar-refractivity contribution in [2.45, 2.75) is 37.4 Å². The summed E-state index contributed by atoms with van der Waals surface area (Å²) in [5.41, 5.74) is 8.67. The standard InChI is InChI=1S/C19H26N4O7/c20-13(9-24)12-6-7-16(26)21-14(10-25)18(28)23(22-17(12)27)15(19(29)30)8-11-4-2-1-3-5-11/h1-5,12-15,24-25H,6-10,20H2,(H,21,26)(H,22,27)(H,29,30). The molecule has 0 aromatic heterocycles. The van der Waals surface area contributed by atoms with Gasteiger partial charge in [-0.3, -0.25) is 19.8 Å². The number of hydrogen-bond donors (Lipinski definition) is 6. The van der Waals surface area contributed by atoms with Crippen LogP contribution in [0.4, 0.5) is 0 Å². The lowest BCUT2D eigenvalue weighted by Crippen LogP contribution is -2.63. The molecule has 3 amide bonds. The Morgan fingerprint density at radius 3 is 2.43 bits per heavy atom. The number of benzene rings is 1. The van der Waals surface area contributed by atoms with Crippen LogP contribution in [0.5, 0.6) is 0 Å². The highest BCUT2D eigenvalue weighted by molar-refractivity contribution is 5.93. The quantitative estimate of drug-likeness (QED) is 0.285. The third kappa shape index (κ3) is 5.75. The van der Waals surface area contributed by atoms with Crippen molar-refractivity contribution in [1.82, 2.24) is 15.8 Å². The normalized spacial score (nSPS) is 22.6. The minimum absolute atomic E-state index is 0.0318. The Bertz CT molecular complexity index is 773. The second-order valence-electron chi connectivity index (χ2n) is 7.02. The predicted molar refractivity (Wildman–Crippen MR) is 103 cm³/mol. The van der Waals surface area contributed by atoms with E-state index in [1.165, 1.54) is 0 Å². The second-order valence-corrected chi connectivity index (χ2v) is 7.02. The number of hydrogen-bond acceptors (Lipinski definition) is 7. The molecule has 30 heavy (non-hydrogen) atoms. The Balaban J connectivity index is 2.42. The number of aliphatic hydroxyl groups is 2. The van der Waals surface area contributed by atoms with Gasteiger partial charge in [-0.1, -0.05) is 30.3 Å². The summed E-state index contributed by atoms with van der Waals surface area (Å²) in [7, 11) is 0. The molecule has 0 spiro atoms. The molecule has 1 aliphatic heterocycles. The number of amides is 3. The van der Waals surface area contributed by atoms with Crippen molar-refractivity contribution in [3.63, 3.8) is 0 Å². The molecule has 0 radical (unpaired) electrons. The maximum Gasteiger partial charge on any atom is 0.328 e. The molecule has 11 nitrogen and oxygen atoms in total. The molecule has 0 aliphatic carbocycles. The molecular weight excluding hydrogens is 396 g/mol. The zero-order chi connectivity index (χ0) is 22.3. The maximum absolute atomic E-state index is 13.0. The van der Waals surface area contributed by atoms with Crippen molar-refractivity contribution < 1.29 is 34.5 Å². The van der Waals surface area contributed by atoms with E-state index in [-0.39, 0.29) is 19.3 Å². The van der Waals surface area contributed by atoms with Crippen LogP contribution in [0.15, 0.2) is 30.3 Å². The molecule has 164 valence electrons. The van der Waals surface area contributed by atoms with Crippen molar-refractivity contribution in [1.29, 1.82) is 0 Å². The minimum atomic E-state index is -1.51. The topological polar surface area (TPSA) is 182 Å². The number of hydrazine groups is 1. The highest BCUT2D eigenvalue weighted by Crippen LogP contribution is 2.16. The molecule has 1 saturated heterocycles. The number of nitrogens with one attached hydrogen (secondary N) is 2. The van der Waals surface area contributed by atoms with Crippen LogP contribution in [0.3, 0.4) is 0 Å². The van der Waals surface area contributed by atoms with Gasteiger partial charge in [0.15, 0.2) is 6.04 Å². The molecule has 0 saturated carbocycles. The monoisotopic (exact) mass is 422 g/mol. The molecule has 1 fully saturated rings. The van der Waals surface area contributed by atoms with Gasteiger partial charge in [0.1, 0.15) is 6.04 Å². The van der Waals surface area contributed by atoms with Gasteiger partial charge in [0.25, 0.3) is 5.91 Å². The van der Waals surface area contributed by atoms with Crippen molar-refractivity contribution in [2.75, 3.05) is 13.2 Å². The first-order valence-electron chi connectivity index (χ1n) is 9.45. The predicted octanol–water partition coefficient (Wildman–Crippen LogP) is -2.25. The van der Waals surface area contributed by atoms with Gasteiger partial charge in [-0.05, 0) is 12.0 Å². The lowest BCUT2D eigenvalue weighted by atomic mass is 9.94. The van der Waals surface area contributed by atoms with E-state index >= 15 is 0 Å². The SMILES string of the molecule is NC(CO)C1CCC(=O)NC(CO)C(=O)N(C(Cc2ccccc2)C(=O)O)NC1=O. The average molecular weight is 422 g/mol. The third-order valence-electron chi connectivity index (χ3n) is 4.90. The lowest BCUT2D eigenvalue weighted by Gasteiger charge is -2.35. The highest BCUT2D eigenvalue weighted by Gasteiger charge is 2.39. The number of nitrogens with zero attached hydrogens (tertiary/aromatic N) is 1. The Kier molecular flexibility index (Phi) is 8.27. The van der Waals surface area contributed by atoms with Crippen LogP contribution in [0.2, 0.25) is 0 Å². The summed E-state index contributed by atoms with van der Waals surface area (Å²) < 4.78 is 0. The number of carboxylic acids is 1. The fourth-order valence-corrected chi connectivity index (χ4v) is 3.19. The molecule has 7 N–H and O–H groups in total. The Morgan fingerprint density at radius 1 is 1.20 bits per heavy atom. The maximum atomic E-state index is 13.0. The van der Waals surface area contributed by atoms with Gasteiger partial charge >= 0.3 is 5.97 Å². The van der Waals surface area contributed by atoms with Gasteiger partial charge in [-0.2, -0.15) is 0 Å². The third-order valence-corrected chi connectivity index (χ3v) is 4.90. The number of aliphatic carboxylic acids is 1. The van der Waals surface area contributed by atoms with E-state index in [2.05, 4.69) is 10.7 Å². The lowest BCUT2D eigenvalue weighted by molar-refractivity contribution is -0.159. The molecule has 1 aromatic carbocycles. The van der Waals surface area contributed by atoms with E-state index in [0.29, 0.717) is 10.6 Å². The summed E-state index contributed by atoms with van der Waals surface area (Å²) in [4.78, 5) is 49.9. The first kappa shape index (κ1) is 23.3. The Hall–Kier alpha value is -3.02. The number of carbonyl (C=O) groups is 4. The molecule has 0 bridgehead atoms. The molecule has 1 heterocycles. The van der Waals surface area contributed by atoms with E-state index < -0.39 is 60.9 Å². The number of carboxylic acid groups (broad SMARTS) is 1. The summed E-state index contributed by atoms with van der Waals surface area (Å²) in [5.74, 6) is -4.82. The summed E-state index contributed by atoms with van der Waals surface area (Å²) in [6, 6.07) is 4.51. The first-order valence-corrected chi connectivity index (χ1v) is 9.45. The van der Waals surface area contributed by atoms with E-state index in [1.54, 1.807) is 30.3 Å². The summed E-state index contributed by atoms with van der Waals surface area (Å²) in [6.45, 7) is -1.33. The fourth-order valence-electron chi connectivity index (χ4n) is 3.19. The zero-order valence-corrected chi connectivity index (χ0v) is 16.2. The Morgan fingerprint density at radius 2 is 1.87 bits per heavy atom. The van der Waals surface area contributed by atoms with E-state index in [0.717, 1.165) is 0 Å². The fraction of sp³-hybridized carbons (Fsp3) is 0.474. The van der Waals surface area contributed by atoms with Crippen molar-refractivity contribution >= 4 is 23.7 Å². The number of aliphatic hydroxyl groups excluding tert-OH is 2. The molecule has 1 aromatic rings. The van der Waals surface area contributed by atoms with Gasteiger partial charge in [0.05, 0.1) is 19.1 Å². The molecular formula is C19H26N4O7. The molecule has 1 aliphatic rings. The van der Waals surface area contributed by atoms with Gasteiger partial charge in [-0.15, -0.1) is 0 Å². The van der Waals surface area contributed by atoms with Gasteiger partial charge in [0, 0.05) is 18.9 Å². The average Bonchev–Trinajstić information content (AvgIpc) is 2.73. The second kappa shape index (κ2) is 10.7. The first-order chi connectivity index (χ1) is 14.3. The van der Waals surface area contributed by atoms with Crippen molar-refractivity contribution in [2.24, 2.45) is 11.7 Å². The van der Waals surface area contributed by atoms with Crippen LogP contribution < -0.4 is 16.5 Å². The number of rotatable bonds is 7. The number of carbonyl (C=O) groups excluding carboxylic acids is 3. The molecule has 4 unspecified atom stereocenters. The van der Waals surface area contributed by atoms with E-state index in [9.17, 15) is 34.5 Å².